The van der Waals surface area contributed by atoms with Gasteiger partial charge in [0.1, 0.15) is 9.84 Å². The molecule has 1 saturated heterocycles. The molecule has 0 aromatic heterocycles. The van der Waals surface area contributed by atoms with E-state index in [1.165, 1.54) is 6.42 Å². The number of nitrogens with two attached hydrogens (primary N) is 1. The Labute approximate surface area is 157 Å². The van der Waals surface area contributed by atoms with Crippen molar-refractivity contribution in [2.75, 3.05) is 38.2 Å². The van der Waals surface area contributed by atoms with Gasteiger partial charge in [0, 0.05) is 31.4 Å². The molecule has 1 aliphatic heterocycles. The lowest BCUT2D eigenvalue weighted by Crippen LogP contribution is -2.63. The number of ether oxygens (including phenoxy) is 1. The highest BCUT2D eigenvalue weighted by molar-refractivity contribution is 7.90. The Hall–Kier alpha value is -0.700. The van der Waals surface area contributed by atoms with E-state index in [2.05, 4.69) is 24.1 Å². The highest BCUT2D eigenvalue weighted by Gasteiger charge is 2.42. The van der Waals surface area contributed by atoms with Gasteiger partial charge in [-0.15, -0.1) is 0 Å². The molecule has 1 amide bonds. The minimum Gasteiger partial charge on any atom is -0.373 e. The number of hydrogen-bond donors (Lipinski definition) is 2. The summed E-state index contributed by atoms with van der Waals surface area (Å²) in [6.45, 7) is 7.21. The summed E-state index contributed by atoms with van der Waals surface area (Å²) >= 11 is 0. The van der Waals surface area contributed by atoms with E-state index in [-0.39, 0.29) is 29.2 Å². The van der Waals surface area contributed by atoms with E-state index in [0.29, 0.717) is 13.2 Å². The van der Waals surface area contributed by atoms with E-state index in [0.717, 1.165) is 45.0 Å². The maximum atomic E-state index is 12.4. The third-order valence-corrected chi connectivity index (χ3v) is 6.59. The quantitative estimate of drug-likeness (QED) is 0.664. The monoisotopic (exact) mass is 389 g/mol. The smallest absolute Gasteiger partial charge is 0.237 e. The maximum absolute atomic E-state index is 12.4. The number of rotatable bonds is 7. The molecule has 1 unspecified atom stereocenters. The predicted molar refractivity (Wildman–Crippen MR) is 103 cm³/mol. The van der Waals surface area contributed by atoms with Gasteiger partial charge in [-0.2, -0.15) is 0 Å². The average molecular weight is 390 g/mol. The number of hydrogen-bond acceptors (Lipinski definition) is 6. The molecular weight excluding hydrogens is 354 g/mol. The van der Waals surface area contributed by atoms with Gasteiger partial charge < -0.3 is 15.8 Å². The van der Waals surface area contributed by atoms with Gasteiger partial charge in [0.05, 0.1) is 24.0 Å². The summed E-state index contributed by atoms with van der Waals surface area (Å²) in [6, 6.07) is -0.786. The van der Waals surface area contributed by atoms with E-state index in [4.69, 9.17) is 10.5 Å². The van der Waals surface area contributed by atoms with E-state index in [9.17, 15) is 13.2 Å². The summed E-state index contributed by atoms with van der Waals surface area (Å²) in [5, 5.41) is 3.01. The molecule has 2 rings (SSSR count). The van der Waals surface area contributed by atoms with Crippen molar-refractivity contribution in [3.05, 3.63) is 0 Å². The molecule has 2 fully saturated rings. The Morgan fingerprint density at radius 1 is 1.27 bits per heavy atom. The Balaban J connectivity index is 1.98. The molecule has 0 aromatic rings. The molecule has 1 heterocycles. The highest BCUT2D eigenvalue weighted by atomic mass is 32.2. The average Bonchev–Trinajstić information content (AvgIpc) is 2.57. The summed E-state index contributed by atoms with van der Waals surface area (Å²) < 4.78 is 28.4. The second-order valence-electron chi connectivity index (χ2n) is 8.56. The fraction of sp³-hybridized carbons (Fsp3) is 0.944. The number of sulfone groups is 1. The standard InChI is InChI=1S/C18H35N3O4S/c1-17(2)14-21(10-11-25-17)18(8-5-4-6-9-18)13-20-16(22)15(19)7-12-26(3,23)24/h15H,4-14,19H2,1-3H3,(H,20,22). The molecule has 8 heteroatoms. The number of nitrogens with zero attached hydrogens (tertiary/aromatic N) is 1. The van der Waals surface area contributed by atoms with E-state index in [1.807, 2.05) is 0 Å². The summed E-state index contributed by atoms with van der Waals surface area (Å²) in [4.78, 5) is 14.9. The fourth-order valence-electron chi connectivity index (χ4n) is 4.09. The van der Waals surface area contributed by atoms with Crippen LogP contribution in [0.4, 0.5) is 0 Å². The van der Waals surface area contributed by atoms with Crippen molar-refractivity contribution in [2.24, 2.45) is 5.73 Å². The van der Waals surface area contributed by atoms with Crippen LogP contribution in [0.3, 0.4) is 0 Å². The maximum Gasteiger partial charge on any atom is 0.237 e. The molecule has 0 spiro atoms. The van der Waals surface area contributed by atoms with Crippen molar-refractivity contribution < 1.29 is 17.9 Å². The molecule has 2 aliphatic rings. The normalized spacial score (nSPS) is 24.8. The van der Waals surface area contributed by atoms with Gasteiger partial charge >= 0.3 is 0 Å². The van der Waals surface area contributed by atoms with Crippen molar-refractivity contribution in [3.63, 3.8) is 0 Å². The predicted octanol–water partition coefficient (Wildman–Crippen LogP) is 0.678. The molecule has 0 radical (unpaired) electrons. The van der Waals surface area contributed by atoms with Gasteiger partial charge in [-0.3, -0.25) is 9.69 Å². The van der Waals surface area contributed by atoms with Crippen molar-refractivity contribution in [1.82, 2.24) is 10.2 Å². The van der Waals surface area contributed by atoms with Gasteiger partial charge in [0.25, 0.3) is 0 Å². The van der Waals surface area contributed by atoms with Crippen LogP contribution >= 0.6 is 0 Å². The SMILES string of the molecule is CC1(C)CN(C2(CNC(=O)C(N)CCS(C)(=O)=O)CCCCC2)CCO1. The van der Waals surface area contributed by atoms with Gasteiger partial charge in [-0.05, 0) is 33.1 Å². The van der Waals surface area contributed by atoms with E-state index in [1.54, 1.807) is 0 Å². The number of carbonyl (C=O) groups is 1. The zero-order valence-corrected chi connectivity index (χ0v) is 17.2. The van der Waals surface area contributed by atoms with Crippen LogP contribution in [0.5, 0.6) is 0 Å². The Morgan fingerprint density at radius 3 is 2.50 bits per heavy atom. The highest BCUT2D eigenvalue weighted by Crippen LogP contribution is 2.36. The van der Waals surface area contributed by atoms with Crippen LogP contribution in [-0.4, -0.2) is 74.7 Å². The van der Waals surface area contributed by atoms with Crippen LogP contribution in [-0.2, 0) is 19.4 Å². The Kier molecular flexibility index (Phi) is 7.10. The molecule has 0 bridgehead atoms. The van der Waals surface area contributed by atoms with Crippen LogP contribution in [0, 0.1) is 0 Å². The minimum absolute atomic E-state index is 0.0501. The van der Waals surface area contributed by atoms with Crippen molar-refractivity contribution >= 4 is 15.7 Å². The number of nitrogens with one attached hydrogen (secondary N) is 1. The van der Waals surface area contributed by atoms with Crippen molar-refractivity contribution in [3.8, 4) is 0 Å². The zero-order valence-electron chi connectivity index (χ0n) is 16.4. The van der Waals surface area contributed by atoms with Gasteiger partial charge in [-0.25, -0.2) is 8.42 Å². The minimum atomic E-state index is -3.11. The molecule has 26 heavy (non-hydrogen) atoms. The summed E-state index contributed by atoms with van der Waals surface area (Å²) in [5.74, 6) is -0.323. The molecular formula is C18H35N3O4S. The van der Waals surface area contributed by atoms with Crippen LogP contribution in [0.15, 0.2) is 0 Å². The van der Waals surface area contributed by atoms with Crippen LogP contribution < -0.4 is 11.1 Å². The van der Waals surface area contributed by atoms with E-state index >= 15 is 0 Å². The molecule has 1 saturated carbocycles. The largest absolute Gasteiger partial charge is 0.373 e. The first-order chi connectivity index (χ1) is 12.0. The first-order valence-corrected chi connectivity index (χ1v) is 11.7. The zero-order chi connectivity index (χ0) is 19.4. The third kappa shape index (κ3) is 6.18. The molecule has 152 valence electrons. The lowest BCUT2D eigenvalue weighted by atomic mass is 9.79. The molecule has 1 atom stereocenters. The van der Waals surface area contributed by atoms with Gasteiger partial charge in [-0.1, -0.05) is 19.3 Å². The fourth-order valence-corrected chi connectivity index (χ4v) is 4.77. The van der Waals surface area contributed by atoms with Gasteiger partial charge in [0.2, 0.25) is 5.91 Å². The lowest BCUT2D eigenvalue weighted by molar-refractivity contribution is -0.130. The lowest BCUT2D eigenvalue weighted by Gasteiger charge is -2.51. The van der Waals surface area contributed by atoms with E-state index < -0.39 is 15.9 Å². The summed E-state index contributed by atoms with van der Waals surface area (Å²) in [7, 11) is -3.11. The third-order valence-electron chi connectivity index (χ3n) is 5.61. The van der Waals surface area contributed by atoms with Crippen LogP contribution in [0.25, 0.3) is 0 Å². The molecule has 0 aromatic carbocycles. The Bertz CT molecular complexity index is 585. The first-order valence-electron chi connectivity index (χ1n) is 9.63. The summed E-state index contributed by atoms with van der Waals surface area (Å²) in [5.41, 5.74) is 5.66. The Morgan fingerprint density at radius 2 is 1.92 bits per heavy atom. The number of amides is 1. The summed E-state index contributed by atoms with van der Waals surface area (Å²) in [6.07, 6.45) is 6.99. The molecule has 7 nitrogen and oxygen atoms in total. The second kappa shape index (κ2) is 8.54. The number of carbonyl (C=O) groups excluding carboxylic acids is 1. The van der Waals surface area contributed by atoms with Gasteiger partial charge in [0.15, 0.2) is 0 Å². The van der Waals surface area contributed by atoms with Crippen LogP contribution in [0.1, 0.15) is 52.4 Å². The first kappa shape index (κ1) is 21.6. The number of morpholine rings is 1. The van der Waals surface area contributed by atoms with Crippen LogP contribution in [0.2, 0.25) is 0 Å². The molecule has 3 N–H and O–H groups in total. The van der Waals surface area contributed by atoms with Crippen molar-refractivity contribution in [2.45, 2.75) is 69.6 Å². The van der Waals surface area contributed by atoms with Crippen molar-refractivity contribution in [1.29, 1.82) is 0 Å². The molecule has 1 aliphatic carbocycles. The second-order valence-corrected chi connectivity index (χ2v) is 10.8. The topological polar surface area (TPSA) is 102 Å².